The number of aromatic nitrogens is 3. The molecular formula is C11H21N5OS. The van der Waals surface area contributed by atoms with E-state index in [-0.39, 0.29) is 18.0 Å². The van der Waals surface area contributed by atoms with Crippen molar-refractivity contribution in [2.24, 2.45) is 0 Å². The van der Waals surface area contributed by atoms with Crippen LogP contribution in [0, 0.1) is 0 Å². The average molecular weight is 271 g/mol. The van der Waals surface area contributed by atoms with Crippen LogP contribution >= 0.6 is 11.8 Å². The number of anilines is 1. The number of nitrogen functional groups attached to an aromatic ring is 1. The highest BCUT2D eigenvalue weighted by Crippen LogP contribution is 2.22. The molecule has 0 saturated heterocycles. The molecule has 1 aromatic heterocycles. The van der Waals surface area contributed by atoms with Gasteiger partial charge in [-0.15, -0.1) is 10.2 Å². The number of nitrogens with one attached hydrogen (secondary N) is 1. The quantitative estimate of drug-likeness (QED) is 0.765. The molecular weight excluding hydrogens is 250 g/mol. The molecule has 102 valence electrons. The van der Waals surface area contributed by atoms with Gasteiger partial charge >= 0.3 is 0 Å². The van der Waals surface area contributed by atoms with Gasteiger partial charge in [-0.3, -0.25) is 9.36 Å². The normalized spacial score (nSPS) is 12.7. The molecule has 1 rings (SSSR count). The zero-order valence-corrected chi connectivity index (χ0v) is 12.1. The highest BCUT2D eigenvalue weighted by molar-refractivity contribution is 7.99. The molecule has 7 heteroatoms. The van der Waals surface area contributed by atoms with E-state index in [0.717, 1.165) is 6.42 Å². The minimum absolute atomic E-state index is 0.00577. The maximum absolute atomic E-state index is 11.7. The van der Waals surface area contributed by atoms with Crippen molar-refractivity contribution >= 4 is 23.6 Å². The van der Waals surface area contributed by atoms with Crippen LogP contribution in [0.5, 0.6) is 0 Å². The van der Waals surface area contributed by atoms with Crippen LogP contribution in [-0.2, 0) is 4.79 Å². The highest BCUT2D eigenvalue weighted by atomic mass is 32.2. The predicted octanol–water partition coefficient (Wildman–Crippen LogP) is 1.45. The third-order valence-corrected chi connectivity index (χ3v) is 3.50. The number of nitrogens with two attached hydrogens (primary N) is 1. The van der Waals surface area contributed by atoms with Crippen LogP contribution < -0.4 is 11.1 Å². The van der Waals surface area contributed by atoms with Crippen molar-refractivity contribution in [1.82, 2.24) is 20.1 Å². The molecule has 1 amide bonds. The lowest BCUT2D eigenvalue weighted by atomic mass is 10.3. The standard InChI is InChI=1S/C11H21N5OS/c1-5-8(4)13-9(17)6-18-11-15-14-10(12)16(11)7(2)3/h7-8H,5-6H2,1-4H3,(H2,12,14)(H,13,17). The summed E-state index contributed by atoms with van der Waals surface area (Å²) in [6, 6.07) is 0.381. The maximum Gasteiger partial charge on any atom is 0.230 e. The van der Waals surface area contributed by atoms with Gasteiger partial charge in [0.25, 0.3) is 0 Å². The van der Waals surface area contributed by atoms with Crippen LogP contribution in [0.1, 0.15) is 40.2 Å². The topological polar surface area (TPSA) is 85.8 Å². The van der Waals surface area contributed by atoms with Crippen LogP contribution in [0.15, 0.2) is 5.16 Å². The molecule has 0 radical (unpaired) electrons. The molecule has 3 N–H and O–H groups in total. The van der Waals surface area contributed by atoms with Crippen molar-refractivity contribution < 1.29 is 4.79 Å². The zero-order chi connectivity index (χ0) is 13.7. The first kappa shape index (κ1) is 14.8. The fraction of sp³-hybridized carbons (Fsp3) is 0.727. The first-order chi connectivity index (χ1) is 8.45. The Labute approximate surface area is 112 Å². The van der Waals surface area contributed by atoms with E-state index in [0.29, 0.717) is 16.9 Å². The van der Waals surface area contributed by atoms with Gasteiger partial charge in [0.05, 0.1) is 5.75 Å². The molecule has 0 saturated carbocycles. The van der Waals surface area contributed by atoms with E-state index >= 15 is 0 Å². The summed E-state index contributed by atoms with van der Waals surface area (Å²) < 4.78 is 1.82. The molecule has 0 aliphatic rings. The number of thioether (sulfide) groups is 1. The van der Waals surface area contributed by atoms with Crippen molar-refractivity contribution in [1.29, 1.82) is 0 Å². The van der Waals surface area contributed by atoms with Crippen molar-refractivity contribution in [2.75, 3.05) is 11.5 Å². The second-order valence-electron chi connectivity index (χ2n) is 4.47. The molecule has 1 heterocycles. The lowest BCUT2D eigenvalue weighted by Gasteiger charge is -2.12. The third kappa shape index (κ3) is 3.90. The summed E-state index contributed by atoms with van der Waals surface area (Å²) in [5, 5.41) is 11.4. The minimum atomic E-state index is 0.00577. The summed E-state index contributed by atoms with van der Waals surface area (Å²) in [4.78, 5) is 11.7. The lowest BCUT2D eigenvalue weighted by Crippen LogP contribution is -2.33. The van der Waals surface area contributed by atoms with Gasteiger partial charge in [-0.25, -0.2) is 0 Å². The Balaban J connectivity index is 2.56. The van der Waals surface area contributed by atoms with Gasteiger partial charge in [0, 0.05) is 12.1 Å². The number of amides is 1. The number of hydrogen-bond donors (Lipinski definition) is 2. The second kappa shape index (κ2) is 6.63. The Morgan fingerprint density at radius 3 is 2.67 bits per heavy atom. The molecule has 0 aliphatic heterocycles. The van der Waals surface area contributed by atoms with E-state index in [2.05, 4.69) is 15.5 Å². The van der Waals surface area contributed by atoms with Crippen molar-refractivity contribution in [2.45, 2.75) is 51.4 Å². The molecule has 0 bridgehead atoms. The molecule has 1 aromatic rings. The van der Waals surface area contributed by atoms with E-state index in [1.54, 1.807) is 0 Å². The molecule has 1 unspecified atom stereocenters. The van der Waals surface area contributed by atoms with Crippen molar-refractivity contribution in [3.8, 4) is 0 Å². The SMILES string of the molecule is CCC(C)NC(=O)CSc1nnc(N)n1C(C)C. The van der Waals surface area contributed by atoms with Gasteiger partial charge in [-0.2, -0.15) is 0 Å². The van der Waals surface area contributed by atoms with Crippen molar-refractivity contribution in [3.05, 3.63) is 0 Å². The molecule has 0 spiro atoms. The highest BCUT2D eigenvalue weighted by Gasteiger charge is 2.14. The Bertz CT molecular complexity index is 404. The third-order valence-electron chi connectivity index (χ3n) is 2.56. The maximum atomic E-state index is 11.7. The van der Waals surface area contributed by atoms with Gasteiger partial charge in [0.15, 0.2) is 5.16 Å². The number of carbonyl (C=O) groups is 1. The van der Waals surface area contributed by atoms with Gasteiger partial charge < -0.3 is 11.1 Å². The number of carbonyl (C=O) groups excluding carboxylic acids is 1. The number of rotatable bonds is 6. The summed E-state index contributed by atoms with van der Waals surface area (Å²) in [7, 11) is 0. The first-order valence-electron chi connectivity index (χ1n) is 6.08. The predicted molar refractivity (Wildman–Crippen MR) is 73.4 cm³/mol. The molecule has 6 nitrogen and oxygen atoms in total. The monoisotopic (exact) mass is 271 g/mol. The van der Waals surface area contributed by atoms with Gasteiger partial charge in [0.2, 0.25) is 11.9 Å². The zero-order valence-electron chi connectivity index (χ0n) is 11.3. The van der Waals surface area contributed by atoms with Gasteiger partial charge in [-0.05, 0) is 27.2 Å². The molecule has 1 atom stereocenters. The first-order valence-corrected chi connectivity index (χ1v) is 7.06. The summed E-state index contributed by atoms with van der Waals surface area (Å²) in [5.41, 5.74) is 5.73. The van der Waals surface area contributed by atoms with E-state index in [9.17, 15) is 4.79 Å². The molecule has 18 heavy (non-hydrogen) atoms. The Morgan fingerprint density at radius 2 is 2.11 bits per heavy atom. The number of hydrogen-bond acceptors (Lipinski definition) is 5. The fourth-order valence-electron chi connectivity index (χ4n) is 1.42. The second-order valence-corrected chi connectivity index (χ2v) is 5.41. The Kier molecular flexibility index (Phi) is 5.46. The van der Waals surface area contributed by atoms with Crippen molar-refractivity contribution in [3.63, 3.8) is 0 Å². The summed E-state index contributed by atoms with van der Waals surface area (Å²) in [6.45, 7) is 8.03. The number of nitrogens with zero attached hydrogens (tertiary/aromatic N) is 3. The van der Waals surface area contributed by atoms with E-state index in [1.807, 2.05) is 32.3 Å². The van der Waals surface area contributed by atoms with E-state index < -0.39 is 0 Å². The smallest absolute Gasteiger partial charge is 0.230 e. The summed E-state index contributed by atoms with van der Waals surface area (Å²) >= 11 is 1.35. The van der Waals surface area contributed by atoms with E-state index in [1.165, 1.54) is 11.8 Å². The fourth-order valence-corrected chi connectivity index (χ4v) is 2.31. The lowest BCUT2D eigenvalue weighted by molar-refractivity contribution is -0.119. The Hall–Kier alpha value is -1.24. The summed E-state index contributed by atoms with van der Waals surface area (Å²) in [6.07, 6.45) is 0.922. The molecule has 0 aliphatic carbocycles. The average Bonchev–Trinajstić information content (AvgIpc) is 2.67. The van der Waals surface area contributed by atoms with Crippen LogP contribution in [0.2, 0.25) is 0 Å². The van der Waals surface area contributed by atoms with Crippen LogP contribution in [-0.4, -0.2) is 32.5 Å². The van der Waals surface area contributed by atoms with E-state index in [4.69, 9.17) is 5.73 Å². The largest absolute Gasteiger partial charge is 0.368 e. The summed E-state index contributed by atoms with van der Waals surface area (Å²) in [5.74, 6) is 0.718. The van der Waals surface area contributed by atoms with Gasteiger partial charge in [-0.1, -0.05) is 18.7 Å². The molecule has 0 aromatic carbocycles. The minimum Gasteiger partial charge on any atom is -0.368 e. The molecule has 0 fully saturated rings. The van der Waals surface area contributed by atoms with Crippen LogP contribution in [0.4, 0.5) is 5.95 Å². The van der Waals surface area contributed by atoms with Gasteiger partial charge in [0.1, 0.15) is 0 Å². The van der Waals surface area contributed by atoms with Crippen LogP contribution in [0.3, 0.4) is 0 Å². The van der Waals surface area contributed by atoms with Crippen LogP contribution in [0.25, 0.3) is 0 Å². The Morgan fingerprint density at radius 1 is 1.44 bits per heavy atom.